The van der Waals surface area contributed by atoms with E-state index in [0.717, 1.165) is 23.7 Å². The molecule has 35 heavy (non-hydrogen) atoms. The summed E-state index contributed by atoms with van der Waals surface area (Å²) < 4.78 is 9.41. The van der Waals surface area contributed by atoms with Crippen LogP contribution in [0.15, 0.2) is 88.8 Å². The molecule has 0 spiro atoms. The lowest BCUT2D eigenvalue weighted by Gasteiger charge is -2.13. The Morgan fingerprint density at radius 3 is 2.51 bits per heavy atom. The van der Waals surface area contributed by atoms with Crippen LogP contribution in [0.3, 0.4) is 0 Å². The first-order chi connectivity index (χ1) is 17.1. The molecule has 0 saturated heterocycles. The smallest absolute Gasteiger partial charge is 0.262 e. The summed E-state index contributed by atoms with van der Waals surface area (Å²) in [6.07, 6.45) is 0.735. The number of aromatic nitrogens is 5. The lowest BCUT2D eigenvalue weighted by Crippen LogP contribution is -2.24. The van der Waals surface area contributed by atoms with Crippen LogP contribution in [0, 0.1) is 4.77 Å². The number of hydrogen-bond acceptors (Lipinski definition) is 6. The van der Waals surface area contributed by atoms with Crippen LogP contribution in [-0.2, 0) is 18.7 Å². The van der Waals surface area contributed by atoms with E-state index in [1.807, 2.05) is 71.3 Å². The van der Waals surface area contributed by atoms with Crippen LogP contribution in [0.25, 0.3) is 16.6 Å². The zero-order valence-electron chi connectivity index (χ0n) is 19.0. The zero-order chi connectivity index (χ0) is 24.2. The Labute approximate surface area is 211 Å². The van der Waals surface area contributed by atoms with Gasteiger partial charge in [0.2, 0.25) is 0 Å². The van der Waals surface area contributed by atoms with E-state index in [1.165, 1.54) is 17.3 Å². The Morgan fingerprint density at radius 1 is 1.00 bits per heavy atom. The van der Waals surface area contributed by atoms with Gasteiger partial charge in [-0.1, -0.05) is 54.2 Å². The van der Waals surface area contributed by atoms with Gasteiger partial charge in [0, 0.05) is 12.2 Å². The molecule has 0 aliphatic carbocycles. The van der Waals surface area contributed by atoms with E-state index in [0.29, 0.717) is 33.1 Å². The molecule has 2 aromatic heterocycles. The molecular formula is C26H23N5O2S2. The van der Waals surface area contributed by atoms with Crippen LogP contribution in [0.2, 0.25) is 0 Å². The van der Waals surface area contributed by atoms with Gasteiger partial charge in [0.15, 0.2) is 9.93 Å². The summed E-state index contributed by atoms with van der Waals surface area (Å²) >= 11 is 6.96. The molecule has 0 saturated carbocycles. The second-order valence-corrected chi connectivity index (χ2v) is 9.20. The summed E-state index contributed by atoms with van der Waals surface area (Å²) in [6, 6.07) is 25.2. The molecular weight excluding hydrogens is 478 g/mol. The van der Waals surface area contributed by atoms with E-state index >= 15 is 0 Å². The minimum atomic E-state index is -0.0388. The summed E-state index contributed by atoms with van der Waals surface area (Å²) in [4.78, 5) is 18.2. The third-order valence-corrected chi connectivity index (χ3v) is 6.94. The number of aryl methyl sites for hydroxylation is 1. The molecule has 2 heterocycles. The van der Waals surface area contributed by atoms with Gasteiger partial charge in [0.1, 0.15) is 11.6 Å². The van der Waals surface area contributed by atoms with Crippen molar-refractivity contribution in [3.05, 3.63) is 105 Å². The highest BCUT2D eigenvalue weighted by atomic mass is 32.2. The fraction of sp³-hybridized carbons (Fsp3) is 0.154. The zero-order valence-corrected chi connectivity index (χ0v) is 20.7. The van der Waals surface area contributed by atoms with Crippen LogP contribution in [-0.4, -0.2) is 31.4 Å². The van der Waals surface area contributed by atoms with Gasteiger partial charge in [0.05, 0.1) is 23.8 Å². The van der Waals surface area contributed by atoms with Crippen LogP contribution in [0.1, 0.15) is 11.4 Å². The van der Waals surface area contributed by atoms with Crippen molar-refractivity contribution in [2.75, 3.05) is 7.11 Å². The van der Waals surface area contributed by atoms with Crippen molar-refractivity contribution in [2.45, 2.75) is 23.9 Å². The average Bonchev–Trinajstić information content (AvgIpc) is 3.27. The molecule has 0 radical (unpaired) electrons. The topological polar surface area (TPSA) is 77.7 Å². The van der Waals surface area contributed by atoms with Gasteiger partial charge in [-0.05, 0) is 60.6 Å². The maximum absolute atomic E-state index is 13.4. The van der Waals surface area contributed by atoms with E-state index in [4.69, 9.17) is 21.9 Å². The molecule has 5 rings (SSSR count). The first kappa shape index (κ1) is 23.1. The van der Waals surface area contributed by atoms with E-state index in [-0.39, 0.29) is 5.56 Å². The first-order valence-electron chi connectivity index (χ1n) is 11.1. The minimum Gasteiger partial charge on any atom is -0.497 e. The number of H-pyrrole nitrogens is 1. The van der Waals surface area contributed by atoms with Crippen LogP contribution in [0.5, 0.6) is 5.75 Å². The standard InChI is InChI=1S/C26H23N5O2S2/c1-33-20-13-11-19(12-14-20)31-23(28-29-25(31)34)17-35-26-27-22-10-6-5-9-21(22)24(32)30(26)16-15-18-7-3-2-4-8-18/h2-14H,15-17H2,1H3,(H,29,34). The van der Waals surface area contributed by atoms with Gasteiger partial charge >= 0.3 is 0 Å². The molecule has 0 bridgehead atoms. The lowest BCUT2D eigenvalue weighted by atomic mass is 10.1. The molecule has 0 fully saturated rings. The fourth-order valence-corrected chi connectivity index (χ4v) is 5.09. The van der Waals surface area contributed by atoms with Crippen molar-refractivity contribution in [3.63, 3.8) is 0 Å². The average molecular weight is 502 g/mol. The molecule has 5 aromatic rings. The Hall–Kier alpha value is -3.69. The summed E-state index contributed by atoms with van der Waals surface area (Å²) in [5, 5.41) is 8.59. The predicted octanol–water partition coefficient (Wildman–Crippen LogP) is 5.18. The number of thioether (sulfide) groups is 1. The van der Waals surface area contributed by atoms with Gasteiger partial charge in [-0.25, -0.2) is 4.98 Å². The van der Waals surface area contributed by atoms with Gasteiger partial charge in [-0.2, -0.15) is 5.10 Å². The maximum Gasteiger partial charge on any atom is 0.262 e. The third kappa shape index (κ3) is 4.91. The van der Waals surface area contributed by atoms with Crippen LogP contribution >= 0.6 is 24.0 Å². The van der Waals surface area contributed by atoms with E-state index in [9.17, 15) is 4.79 Å². The number of hydrogen-bond donors (Lipinski definition) is 1. The van der Waals surface area contributed by atoms with Crippen molar-refractivity contribution in [1.29, 1.82) is 0 Å². The predicted molar refractivity (Wildman–Crippen MR) is 141 cm³/mol. The summed E-state index contributed by atoms with van der Waals surface area (Å²) in [7, 11) is 1.63. The molecule has 176 valence electrons. The Bertz CT molecular complexity index is 1570. The number of rotatable bonds is 8. The lowest BCUT2D eigenvalue weighted by molar-refractivity contribution is 0.414. The van der Waals surface area contributed by atoms with Crippen LogP contribution in [0.4, 0.5) is 0 Å². The number of nitrogens with one attached hydrogen (secondary N) is 1. The highest BCUT2D eigenvalue weighted by Gasteiger charge is 2.15. The first-order valence-corrected chi connectivity index (χ1v) is 12.5. The highest BCUT2D eigenvalue weighted by molar-refractivity contribution is 7.98. The number of aromatic amines is 1. The molecule has 9 heteroatoms. The molecule has 0 atom stereocenters. The van der Waals surface area contributed by atoms with Gasteiger partial charge in [-0.3, -0.25) is 19.0 Å². The fourth-order valence-electron chi connectivity index (χ4n) is 3.89. The molecule has 1 N–H and O–H groups in total. The maximum atomic E-state index is 13.4. The Balaban J connectivity index is 1.47. The van der Waals surface area contributed by atoms with Crippen LogP contribution < -0.4 is 10.3 Å². The number of ether oxygens (including phenoxy) is 1. The second kappa shape index (κ2) is 10.3. The third-order valence-electron chi connectivity index (χ3n) is 5.70. The van der Waals surface area contributed by atoms with Crippen molar-refractivity contribution >= 4 is 34.9 Å². The van der Waals surface area contributed by atoms with E-state index < -0.39 is 0 Å². The van der Waals surface area contributed by atoms with Gasteiger partial charge < -0.3 is 4.74 Å². The SMILES string of the molecule is COc1ccc(-n2c(CSc3nc4ccccc4c(=O)n3CCc3ccccc3)n[nH]c2=S)cc1. The van der Waals surface area contributed by atoms with Gasteiger partial charge in [-0.15, -0.1) is 0 Å². The Kier molecular flexibility index (Phi) is 6.78. The van der Waals surface area contributed by atoms with E-state index in [1.54, 1.807) is 11.7 Å². The normalized spacial score (nSPS) is 11.1. The van der Waals surface area contributed by atoms with Crippen molar-refractivity contribution in [1.82, 2.24) is 24.3 Å². The van der Waals surface area contributed by atoms with E-state index in [2.05, 4.69) is 22.3 Å². The number of para-hydroxylation sites is 1. The molecule has 7 nitrogen and oxygen atoms in total. The van der Waals surface area contributed by atoms with Crippen molar-refractivity contribution in [3.8, 4) is 11.4 Å². The highest BCUT2D eigenvalue weighted by Crippen LogP contribution is 2.24. The Morgan fingerprint density at radius 2 is 1.74 bits per heavy atom. The quantitative estimate of drug-likeness (QED) is 0.179. The largest absolute Gasteiger partial charge is 0.497 e. The summed E-state index contributed by atoms with van der Waals surface area (Å²) in [6.45, 7) is 0.536. The molecule has 0 amide bonds. The molecule has 0 aliphatic heterocycles. The summed E-state index contributed by atoms with van der Waals surface area (Å²) in [5.41, 5.74) is 2.70. The van der Waals surface area contributed by atoms with Gasteiger partial charge in [0.25, 0.3) is 5.56 Å². The number of methoxy groups -OCH3 is 1. The summed E-state index contributed by atoms with van der Waals surface area (Å²) in [5.74, 6) is 1.99. The molecule has 3 aromatic carbocycles. The number of benzene rings is 3. The van der Waals surface area contributed by atoms with Crippen molar-refractivity contribution in [2.24, 2.45) is 0 Å². The monoisotopic (exact) mass is 501 g/mol. The molecule has 0 aliphatic rings. The number of fused-ring (bicyclic) bond motifs is 1. The second-order valence-electron chi connectivity index (χ2n) is 7.87. The molecule has 0 unspecified atom stereocenters. The number of nitrogens with zero attached hydrogens (tertiary/aromatic N) is 4. The van der Waals surface area contributed by atoms with Crippen molar-refractivity contribution < 1.29 is 4.74 Å². The minimum absolute atomic E-state index is 0.0388.